The molecule has 0 aliphatic rings. The lowest BCUT2D eigenvalue weighted by Crippen LogP contribution is -2.28. The van der Waals surface area contributed by atoms with Crippen molar-refractivity contribution in [1.29, 1.82) is 0 Å². The highest BCUT2D eigenvalue weighted by molar-refractivity contribution is 5.72. The lowest BCUT2D eigenvalue weighted by Gasteiger charge is -2.03. The van der Waals surface area contributed by atoms with E-state index in [4.69, 9.17) is 5.11 Å². The third kappa shape index (κ3) is 2.07. The summed E-state index contributed by atoms with van der Waals surface area (Å²) >= 11 is 0. The Morgan fingerprint density at radius 3 is 2.82 bits per heavy atom. The zero-order valence-electron chi connectivity index (χ0n) is 9.44. The molecule has 0 aromatic carbocycles. The molecule has 8 nitrogen and oxygen atoms in total. The first-order valence-electron chi connectivity index (χ1n) is 5.10. The first kappa shape index (κ1) is 11.4. The van der Waals surface area contributed by atoms with Crippen LogP contribution in [0.2, 0.25) is 0 Å². The van der Waals surface area contributed by atoms with Crippen molar-refractivity contribution in [3.63, 3.8) is 0 Å². The largest absolute Gasteiger partial charge is 0.392 e. The van der Waals surface area contributed by atoms with Gasteiger partial charge in [-0.25, -0.2) is 4.79 Å². The highest BCUT2D eigenvalue weighted by Crippen LogP contribution is 2.07. The third-order valence-corrected chi connectivity index (χ3v) is 2.32. The van der Waals surface area contributed by atoms with Crippen molar-refractivity contribution in [2.24, 2.45) is 7.05 Å². The van der Waals surface area contributed by atoms with Gasteiger partial charge in [0.25, 0.3) is 5.56 Å². The standard InChI is InChI=1S/C9H13N5O3/c1-4(15)3-10-8-11-5-6(12-8)14(2)9(17)13-7(5)16/h4,15H,3H2,1-2H3,(H2,10,11,12)(H,13,16,17)/t4-/m0/s1. The molecule has 17 heavy (non-hydrogen) atoms. The summed E-state index contributed by atoms with van der Waals surface area (Å²) in [5, 5.41) is 11.9. The number of H-pyrrole nitrogens is 2. The van der Waals surface area contributed by atoms with Crippen LogP contribution in [0.3, 0.4) is 0 Å². The van der Waals surface area contributed by atoms with Gasteiger partial charge in [-0.2, -0.15) is 4.98 Å². The molecule has 2 heterocycles. The van der Waals surface area contributed by atoms with E-state index >= 15 is 0 Å². The fourth-order valence-electron chi connectivity index (χ4n) is 1.43. The summed E-state index contributed by atoms with van der Waals surface area (Å²) in [7, 11) is 1.51. The smallest absolute Gasteiger partial charge is 0.329 e. The summed E-state index contributed by atoms with van der Waals surface area (Å²) in [4.78, 5) is 31.8. The summed E-state index contributed by atoms with van der Waals surface area (Å²) in [5.74, 6) is 0.340. The number of aliphatic hydroxyl groups excluding tert-OH is 1. The Bertz CT molecular complexity index is 651. The molecular weight excluding hydrogens is 226 g/mol. The zero-order valence-corrected chi connectivity index (χ0v) is 9.44. The summed E-state index contributed by atoms with van der Waals surface area (Å²) in [6.07, 6.45) is -0.537. The number of anilines is 1. The number of aromatic nitrogens is 4. The minimum atomic E-state index is -0.537. The molecule has 0 amide bonds. The molecule has 2 aromatic rings. The van der Waals surface area contributed by atoms with E-state index in [2.05, 4.69) is 20.3 Å². The molecule has 0 radical (unpaired) electrons. The number of fused-ring (bicyclic) bond motifs is 1. The van der Waals surface area contributed by atoms with Crippen LogP contribution in [-0.2, 0) is 7.05 Å². The van der Waals surface area contributed by atoms with Gasteiger partial charge in [0, 0.05) is 13.6 Å². The van der Waals surface area contributed by atoms with Gasteiger partial charge < -0.3 is 15.4 Å². The van der Waals surface area contributed by atoms with Gasteiger partial charge in [0.1, 0.15) is 0 Å². The SMILES string of the molecule is C[C@H](O)CNc1nc2c([nH]1)c(=O)[nH]c(=O)n2C. The third-order valence-electron chi connectivity index (χ3n) is 2.32. The molecule has 2 aromatic heterocycles. The first-order chi connectivity index (χ1) is 7.99. The van der Waals surface area contributed by atoms with Crippen molar-refractivity contribution in [2.45, 2.75) is 13.0 Å². The summed E-state index contributed by atoms with van der Waals surface area (Å²) < 4.78 is 1.24. The van der Waals surface area contributed by atoms with E-state index in [0.717, 1.165) is 0 Å². The fraction of sp³-hybridized carbons (Fsp3) is 0.444. The van der Waals surface area contributed by atoms with E-state index in [1.54, 1.807) is 6.92 Å². The van der Waals surface area contributed by atoms with Gasteiger partial charge in [0.2, 0.25) is 5.95 Å². The quantitative estimate of drug-likeness (QED) is 0.533. The van der Waals surface area contributed by atoms with Crippen LogP contribution in [0.25, 0.3) is 11.2 Å². The Labute approximate surface area is 95.3 Å². The Kier molecular flexibility index (Phi) is 2.72. The van der Waals surface area contributed by atoms with Crippen molar-refractivity contribution in [1.82, 2.24) is 19.5 Å². The predicted molar refractivity (Wildman–Crippen MR) is 62.1 cm³/mol. The molecule has 92 valence electrons. The number of rotatable bonds is 3. The topological polar surface area (TPSA) is 116 Å². The van der Waals surface area contributed by atoms with Crippen molar-refractivity contribution >= 4 is 17.1 Å². The molecule has 0 bridgehead atoms. The molecular formula is C9H13N5O3. The second-order valence-electron chi connectivity index (χ2n) is 3.83. The van der Waals surface area contributed by atoms with E-state index < -0.39 is 17.4 Å². The van der Waals surface area contributed by atoms with Crippen LogP contribution in [0.5, 0.6) is 0 Å². The summed E-state index contributed by atoms with van der Waals surface area (Å²) in [6.45, 7) is 1.92. The molecule has 8 heteroatoms. The van der Waals surface area contributed by atoms with Crippen LogP contribution in [0.1, 0.15) is 6.92 Å². The summed E-state index contributed by atoms with van der Waals surface area (Å²) in [6, 6.07) is 0. The average molecular weight is 239 g/mol. The monoisotopic (exact) mass is 239 g/mol. The van der Waals surface area contributed by atoms with Crippen LogP contribution in [0.4, 0.5) is 5.95 Å². The molecule has 0 unspecified atom stereocenters. The predicted octanol–water partition coefficient (Wildman–Crippen LogP) is -1.26. The van der Waals surface area contributed by atoms with Gasteiger partial charge in [0.05, 0.1) is 6.10 Å². The molecule has 0 saturated carbocycles. The van der Waals surface area contributed by atoms with Crippen LogP contribution in [-0.4, -0.2) is 37.3 Å². The van der Waals surface area contributed by atoms with Gasteiger partial charge in [0.15, 0.2) is 11.2 Å². The van der Waals surface area contributed by atoms with Crippen LogP contribution in [0.15, 0.2) is 9.59 Å². The molecule has 2 rings (SSSR count). The van der Waals surface area contributed by atoms with Gasteiger partial charge in [-0.15, -0.1) is 0 Å². The van der Waals surface area contributed by atoms with Gasteiger partial charge in [-0.3, -0.25) is 14.3 Å². The molecule has 1 atom stereocenters. The lowest BCUT2D eigenvalue weighted by molar-refractivity contribution is 0.208. The van der Waals surface area contributed by atoms with E-state index in [-0.39, 0.29) is 11.2 Å². The van der Waals surface area contributed by atoms with Gasteiger partial charge >= 0.3 is 5.69 Å². The van der Waals surface area contributed by atoms with Crippen molar-refractivity contribution < 1.29 is 5.11 Å². The maximum absolute atomic E-state index is 11.5. The maximum atomic E-state index is 11.5. The number of imidazole rings is 1. The van der Waals surface area contributed by atoms with E-state index in [0.29, 0.717) is 12.5 Å². The fourth-order valence-corrected chi connectivity index (χ4v) is 1.43. The molecule has 0 saturated heterocycles. The summed E-state index contributed by atoms with van der Waals surface area (Å²) in [5.41, 5.74) is -0.538. The Hall–Kier alpha value is -2.09. The van der Waals surface area contributed by atoms with E-state index in [9.17, 15) is 9.59 Å². The van der Waals surface area contributed by atoms with Crippen LogP contribution >= 0.6 is 0 Å². The molecule has 4 N–H and O–H groups in total. The number of aliphatic hydroxyl groups is 1. The Balaban J connectivity index is 2.50. The van der Waals surface area contributed by atoms with Crippen LogP contribution < -0.4 is 16.6 Å². The van der Waals surface area contributed by atoms with Crippen molar-refractivity contribution in [3.05, 3.63) is 20.8 Å². The molecule has 0 fully saturated rings. The maximum Gasteiger partial charge on any atom is 0.329 e. The zero-order chi connectivity index (χ0) is 12.6. The van der Waals surface area contributed by atoms with E-state index in [1.165, 1.54) is 11.6 Å². The Morgan fingerprint density at radius 2 is 2.18 bits per heavy atom. The highest BCUT2D eigenvalue weighted by atomic mass is 16.3. The van der Waals surface area contributed by atoms with Crippen molar-refractivity contribution in [3.8, 4) is 0 Å². The highest BCUT2D eigenvalue weighted by Gasteiger charge is 2.10. The number of aryl methyl sites for hydroxylation is 1. The second kappa shape index (κ2) is 4.06. The number of aromatic amines is 2. The second-order valence-corrected chi connectivity index (χ2v) is 3.83. The normalized spacial score (nSPS) is 12.9. The number of nitrogens with one attached hydrogen (secondary N) is 3. The lowest BCUT2D eigenvalue weighted by atomic mass is 10.4. The average Bonchev–Trinajstić information content (AvgIpc) is 2.68. The number of hydrogen-bond donors (Lipinski definition) is 4. The molecule has 0 aliphatic heterocycles. The van der Waals surface area contributed by atoms with E-state index in [1.807, 2.05) is 0 Å². The number of nitrogens with zero attached hydrogens (tertiary/aromatic N) is 2. The van der Waals surface area contributed by atoms with Crippen LogP contribution in [0, 0.1) is 0 Å². The Morgan fingerprint density at radius 1 is 1.47 bits per heavy atom. The first-order valence-corrected chi connectivity index (χ1v) is 5.10. The van der Waals surface area contributed by atoms with Crippen molar-refractivity contribution in [2.75, 3.05) is 11.9 Å². The van der Waals surface area contributed by atoms with Gasteiger partial charge in [-0.05, 0) is 6.92 Å². The minimum Gasteiger partial charge on any atom is -0.392 e. The minimum absolute atomic E-state index is 0.222. The molecule has 0 spiro atoms. The van der Waals surface area contributed by atoms with Gasteiger partial charge in [-0.1, -0.05) is 0 Å². The molecule has 0 aliphatic carbocycles. The number of hydrogen-bond acceptors (Lipinski definition) is 5.